The summed E-state index contributed by atoms with van der Waals surface area (Å²) >= 11 is 5.99. The Balaban J connectivity index is 1.81. The quantitative estimate of drug-likeness (QED) is 0.867. The van der Waals surface area contributed by atoms with Crippen molar-refractivity contribution in [2.24, 2.45) is 11.8 Å². The van der Waals surface area contributed by atoms with Gasteiger partial charge in [0, 0.05) is 18.1 Å². The minimum Gasteiger partial charge on any atom is -0.316 e. The van der Waals surface area contributed by atoms with E-state index < -0.39 is 0 Å². The second-order valence-electron chi connectivity index (χ2n) is 5.22. The molecule has 0 bridgehead atoms. The molecule has 0 aliphatic carbocycles. The Kier molecular flexibility index (Phi) is 4.43. The van der Waals surface area contributed by atoms with E-state index in [0.717, 1.165) is 29.9 Å². The van der Waals surface area contributed by atoms with Crippen molar-refractivity contribution >= 4 is 11.6 Å². The molecule has 0 amide bonds. The summed E-state index contributed by atoms with van der Waals surface area (Å²) in [6.45, 7) is 6.85. The Labute approximate surface area is 109 Å². The second kappa shape index (κ2) is 5.85. The summed E-state index contributed by atoms with van der Waals surface area (Å²) in [5.74, 6) is 1.62. The first kappa shape index (κ1) is 12.9. The van der Waals surface area contributed by atoms with Gasteiger partial charge < -0.3 is 10.2 Å². The Bertz CT molecular complexity index is 363. The van der Waals surface area contributed by atoms with Gasteiger partial charge in [0.15, 0.2) is 0 Å². The van der Waals surface area contributed by atoms with Crippen LogP contribution in [0.2, 0.25) is 5.02 Å². The van der Waals surface area contributed by atoms with E-state index in [4.69, 9.17) is 11.6 Å². The lowest BCUT2D eigenvalue weighted by Gasteiger charge is -2.34. The molecule has 3 heteroatoms. The fourth-order valence-electron chi connectivity index (χ4n) is 2.37. The van der Waals surface area contributed by atoms with E-state index in [9.17, 15) is 0 Å². The summed E-state index contributed by atoms with van der Waals surface area (Å²) < 4.78 is 0. The molecule has 1 atom stereocenters. The fourth-order valence-corrected chi connectivity index (χ4v) is 2.58. The molecule has 1 aromatic carbocycles. The lowest BCUT2D eigenvalue weighted by Crippen LogP contribution is -2.47. The topological polar surface area (TPSA) is 15.3 Å². The van der Waals surface area contributed by atoms with E-state index in [0.29, 0.717) is 0 Å². The van der Waals surface area contributed by atoms with Gasteiger partial charge in [0.1, 0.15) is 0 Å². The zero-order valence-electron chi connectivity index (χ0n) is 10.6. The molecule has 1 fully saturated rings. The fraction of sp³-hybridized carbons (Fsp3) is 0.571. The zero-order chi connectivity index (χ0) is 12.3. The van der Waals surface area contributed by atoms with Crippen molar-refractivity contribution < 1.29 is 0 Å². The standard InChI is InChI=1S/C14H21ClN2/c1-11(13-7-16-8-13)9-17(2)10-12-4-3-5-14(15)6-12/h3-6,11,13,16H,7-10H2,1-2H3. The minimum absolute atomic E-state index is 0.764. The SMILES string of the molecule is CC(CN(C)Cc1cccc(Cl)c1)C1CNC1. The summed E-state index contributed by atoms with van der Waals surface area (Å²) in [5, 5.41) is 4.16. The molecule has 1 aliphatic rings. The van der Waals surface area contributed by atoms with Gasteiger partial charge in [-0.05, 0) is 49.7 Å². The number of halogens is 1. The smallest absolute Gasteiger partial charge is 0.0409 e. The van der Waals surface area contributed by atoms with Crippen LogP contribution in [0.25, 0.3) is 0 Å². The average molecular weight is 253 g/mol. The number of hydrogen-bond acceptors (Lipinski definition) is 2. The zero-order valence-corrected chi connectivity index (χ0v) is 11.4. The van der Waals surface area contributed by atoms with E-state index in [2.05, 4.69) is 30.3 Å². The first-order valence-electron chi connectivity index (χ1n) is 6.29. The molecule has 2 rings (SSSR count). The molecule has 0 aromatic heterocycles. The maximum Gasteiger partial charge on any atom is 0.0409 e. The van der Waals surface area contributed by atoms with Crippen LogP contribution in [-0.2, 0) is 6.54 Å². The van der Waals surface area contributed by atoms with Crippen molar-refractivity contribution in [2.75, 3.05) is 26.7 Å². The molecule has 0 spiro atoms. The predicted molar refractivity (Wildman–Crippen MR) is 73.3 cm³/mol. The Morgan fingerprint density at radius 2 is 2.24 bits per heavy atom. The van der Waals surface area contributed by atoms with Crippen LogP contribution in [0.5, 0.6) is 0 Å². The number of nitrogens with one attached hydrogen (secondary N) is 1. The van der Waals surface area contributed by atoms with Gasteiger partial charge in [-0.25, -0.2) is 0 Å². The van der Waals surface area contributed by atoms with Gasteiger partial charge in [0.2, 0.25) is 0 Å². The van der Waals surface area contributed by atoms with Gasteiger partial charge in [-0.1, -0.05) is 30.7 Å². The third-order valence-electron chi connectivity index (χ3n) is 3.56. The van der Waals surface area contributed by atoms with Gasteiger partial charge >= 0.3 is 0 Å². The molecule has 0 saturated carbocycles. The maximum absolute atomic E-state index is 5.99. The molecule has 17 heavy (non-hydrogen) atoms. The third-order valence-corrected chi connectivity index (χ3v) is 3.79. The van der Waals surface area contributed by atoms with Gasteiger partial charge in [-0.2, -0.15) is 0 Å². The minimum atomic E-state index is 0.764. The summed E-state index contributed by atoms with van der Waals surface area (Å²) in [4.78, 5) is 2.38. The van der Waals surface area contributed by atoms with Crippen molar-refractivity contribution in [1.82, 2.24) is 10.2 Å². The normalized spacial score (nSPS) is 18.1. The number of hydrogen-bond donors (Lipinski definition) is 1. The molecule has 94 valence electrons. The lowest BCUT2D eigenvalue weighted by molar-refractivity contribution is 0.182. The molecule has 1 unspecified atom stereocenters. The van der Waals surface area contributed by atoms with Crippen LogP contribution in [0, 0.1) is 11.8 Å². The van der Waals surface area contributed by atoms with E-state index >= 15 is 0 Å². The third kappa shape index (κ3) is 3.70. The molecule has 1 heterocycles. The van der Waals surface area contributed by atoms with E-state index in [1.807, 2.05) is 18.2 Å². The molecule has 1 aliphatic heterocycles. The van der Waals surface area contributed by atoms with Crippen molar-refractivity contribution in [1.29, 1.82) is 0 Å². The van der Waals surface area contributed by atoms with Gasteiger partial charge in [0.05, 0.1) is 0 Å². The van der Waals surface area contributed by atoms with Gasteiger partial charge in [-0.15, -0.1) is 0 Å². The summed E-state index contributed by atoms with van der Waals surface area (Å²) in [6, 6.07) is 8.13. The molecule has 1 saturated heterocycles. The molecule has 1 aromatic rings. The summed E-state index contributed by atoms with van der Waals surface area (Å²) in [6.07, 6.45) is 0. The van der Waals surface area contributed by atoms with Crippen LogP contribution in [0.3, 0.4) is 0 Å². The number of nitrogens with zero attached hydrogens (tertiary/aromatic N) is 1. The van der Waals surface area contributed by atoms with E-state index in [1.165, 1.54) is 18.7 Å². The van der Waals surface area contributed by atoms with Crippen molar-refractivity contribution in [3.05, 3.63) is 34.9 Å². The van der Waals surface area contributed by atoms with E-state index in [-0.39, 0.29) is 0 Å². The van der Waals surface area contributed by atoms with Gasteiger partial charge in [-0.3, -0.25) is 0 Å². The predicted octanol–water partition coefficient (Wildman–Crippen LogP) is 2.63. The van der Waals surface area contributed by atoms with Crippen LogP contribution >= 0.6 is 11.6 Å². The highest BCUT2D eigenvalue weighted by Gasteiger charge is 2.24. The number of benzene rings is 1. The van der Waals surface area contributed by atoms with Crippen LogP contribution in [0.1, 0.15) is 12.5 Å². The van der Waals surface area contributed by atoms with Crippen molar-refractivity contribution in [3.8, 4) is 0 Å². The van der Waals surface area contributed by atoms with Crippen molar-refractivity contribution in [3.63, 3.8) is 0 Å². The molecule has 0 radical (unpaired) electrons. The largest absolute Gasteiger partial charge is 0.316 e. The van der Waals surface area contributed by atoms with Crippen molar-refractivity contribution in [2.45, 2.75) is 13.5 Å². The lowest BCUT2D eigenvalue weighted by atomic mass is 9.88. The van der Waals surface area contributed by atoms with Gasteiger partial charge in [0.25, 0.3) is 0 Å². The van der Waals surface area contributed by atoms with E-state index in [1.54, 1.807) is 0 Å². The molecular weight excluding hydrogens is 232 g/mol. The maximum atomic E-state index is 5.99. The molecule has 2 nitrogen and oxygen atoms in total. The van der Waals surface area contributed by atoms with Crippen LogP contribution in [-0.4, -0.2) is 31.6 Å². The summed E-state index contributed by atoms with van der Waals surface area (Å²) in [7, 11) is 2.18. The Morgan fingerprint density at radius 3 is 2.82 bits per heavy atom. The summed E-state index contributed by atoms with van der Waals surface area (Å²) in [5.41, 5.74) is 1.29. The van der Waals surface area contributed by atoms with Crippen LogP contribution in [0.15, 0.2) is 24.3 Å². The second-order valence-corrected chi connectivity index (χ2v) is 5.66. The number of rotatable bonds is 5. The first-order chi connectivity index (χ1) is 8.15. The van der Waals surface area contributed by atoms with Crippen LogP contribution < -0.4 is 5.32 Å². The highest BCUT2D eigenvalue weighted by molar-refractivity contribution is 6.30. The highest BCUT2D eigenvalue weighted by atomic mass is 35.5. The molecular formula is C14H21ClN2. The highest BCUT2D eigenvalue weighted by Crippen LogP contribution is 2.18. The monoisotopic (exact) mass is 252 g/mol. The van der Waals surface area contributed by atoms with Crippen LogP contribution in [0.4, 0.5) is 0 Å². The average Bonchev–Trinajstić information content (AvgIpc) is 2.13. The Hall–Kier alpha value is -0.570. The Morgan fingerprint density at radius 1 is 1.47 bits per heavy atom. The molecule has 1 N–H and O–H groups in total. The first-order valence-corrected chi connectivity index (χ1v) is 6.66.